The molecule has 2 N–H and O–H groups in total. The van der Waals surface area contributed by atoms with Gasteiger partial charge in [0.25, 0.3) is 0 Å². The Kier molecular flexibility index (Phi) is 6.22. The van der Waals surface area contributed by atoms with Crippen molar-refractivity contribution >= 4 is 29.1 Å². The fourth-order valence-corrected chi connectivity index (χ4v) is 1.35. The molecular weight excluding hydrogens is 252 g/mol. The zero-order chi connectivity index (χ0) is 13.4. The summed E-state index contributed by atoms with van der Waals surface area (Å²) in [6.45, 7) is 2.48. The topological polar surface area (TPSA) is 64.7 Å². The molecule has 0 saturated heterocycles. The molecule has 5 heteroatoms. The van der Waals surface area contributed by atoms with Crippen LogP contribution in [0.2, 0.25) is 0 Å². The van der Waals surface area contributed by atoms with E-state index >= 15 is 0 Å². The van der Waals surface area contributed by atoms with Crippen LogP contribution in [0.4, 0.5) is 5.69 Å². The molecule has 0 aliphatic rings. The molecule has 0 atom stereocenters. The standard InChI is InChI=1S/C13H17ClN2O2/c1-2-3-7-18-13(17)10-5-4-6-11(8-10)16-12(15)9-14/h4-6,8H,2-3,7,9H2,1H3,(H2,15,16). The Morgan fingerprint density at radius 2 is 2.28 bits per heavy atom. The molecule has 0 saturated carbocycles. The number of hydrogen-bond donors (Lipinski definition) is 1. The third kappa shape index (κ3) is 4.75. The molecule has 1 aromatic carbocycles. The van der Waals surface area contributed by atoms with Crippen LogP contribution in [0, 0.1) is 0 Å². The normalized spacial score (nSPS) is 11.3. The van der Waals surface area contributed by atoms with E-state index in [2.05, 4.69) is 4.99 Å². The summed E-state index contributed by atoms with van der Waals surface area (Å²) >= 11 is 5.54. The predicted octanol–water partition coefficient (Wildman–Crippen LogP) is 2.87. The Morgan fingerprint density at radius 3 is 2.94 bits per heavy atom. The molecule has 1 rings (SSSR count). The van der Waals surface area contributed by atoms with E-state index in [0.29, 0.717) is 23.7 Å². The van der Waals surface area contributed by atoms with Crippen LogP contribution in [0.15, 0.2) is 29.3 Å². The summed E-state index contributed by atoms with van der Waals surface area (Å²) in [5.41, 5.74) is 6.59. The number of ether oxygens (including phenoxy) is 1. The number of rotatable bonds is 6. The first-order valence-electron chi connectivity index (χ1n) is 5.83. The van der Waals surface area contributed by atoms with E-state index in [9.17, 15) is 4.79 Å². The quantitative estimate of drug-likeness (QED) is 0.284. The van der Waals surface area contributed by atoms with Gasteiger partial charge in [-0.15, -0.1) is 11.6 Å². The summed E-state index contributed by atoms with van der Waals surface area (Å²) in [7, 11) is 0. The van der Waals surface area contributed by atoms with Crippen LogP contribution in [-0.4, -0.2) is 24.3 Å². The maximum atomic E-state index is 11.7. The average Bonchev–Trinajstić information content (AvgIpc) is 2.39. The molecular formula is C13H17ClN2O2. The summed E-state index contributed by atoms with van der Waals surface area (Å²) in [4.78, 5) is 15.8. The minimum atomic E-state index is -0.343. The number of aliphatic imine (C=N–C) groups is 1. The SMILES string of the molecule is CCCCOC(=O)c1cccc(N=C(N)CCl)c1. The molecule has 18 heavy (non-hydrogen) atoms. The van der Waals surface area contributed by atoms with Crippen LogP contribution in [0.5, 0.6) is 0 Å². The van der Waals surface area contributed by atoms with E-state index in [-0.39, 0.29) is 11.8 Å². The van der Waals surface area contributed by atoms with Gasteiger partial charge in [0.05, 0.1) is 23.7 Å². The van der Waals surface area contributed by atoms with Gasteiger partial charge in [-0.2, -0.15) is 0 Å². The lowest BCUT2D eigenvalue weighted by atomic mass is 10.2. The Morgan fingerprint density at radius 1 is 1.50 bits per heavy atom. The minimum Gasteiger partial charge on any atom is -0.462 e. The first-order valence-corrected chi connectivity index (χ1v) is 6.37. The third-order valence-electron chi connectivity index (χ3n) is 2.22. The molecule has 0 unspecified atom stereocenters. The van der Waals surface area contributed by atoms with Gasteiger partial charge in [0.1, 0.15) is 5.84 Å². The van der Waals surface area contributed by atoms with Gasteiger partial charge in [-0.3, -0.25) is 0 Å². The zero-order valence-corrected chi connectivity index (χ0v) is 11.1. The lowest BCUT2D eigenvalue weighted by molar-refractivity contribution is 0.0500. The van der Waals surface area contributed by atoms with Crippen LogP contribution in [0.1, 0.15) is 30.1 Å². The first kappa shape index (κ1) is 14.5. The number of amidine groups is 1. The summed E-state index contributed by atoms with van der Waals surface area (Å²) in [5.74, 6) is 0.128. The smallest absolute Gasteiger partial charge is 0.338 e. The monoisotopic (exact) mass is 268 g/mol. The van der Waals surface area contributed by atoms with Crippen LogP contribution in [0.25, 0.3) is 0 Å². The van der Waals surface area contributed by atoms with E-state index in [1.807, 2.05) is 6.92 Å². The molecule has 0 spiro atoms. The Hall–Kier alpha value is -1.55. The van der Waals surface area contributed by atoms with Crippen molar-refractivity contribution in [2.24, 2.45) is 10.7 Å². The number of nitrogens with zero attached hydrogens (tertiary/aromatic N) is 1. The highest BCUT2D eigenvalue weighted by Crippen LogP contribution is 2.15. The van der Waals surface area contributed by atoms with Gasteiger partial charge in [0, 0.05) is 0 Å². The van der Waals surface area contributed by atoms with Crippen molar-refractivity contribution in [3.63, 3.8) is 0 Å². The molecule has 98 valence electrons. The second-order valence-electron chi connectivity index (χ2n) is 3.78. The summed E-state index contributed by atoms with van der Waals surface area (Å²) < 4.78 is 5.11. The van der Waals surface area contributed by atoms with Crippen LogP contribution in [-0.2, 0) is 4.74 Å². The van der Waals surface area contributed by atoms with Gasteiger partial charge in [-0.05, 0) is 24.6 Å². The predicted molar refractivity (Wildman–Crippen MR) is 73.6 cm³/mol. The number of halogens is 1. The van der Waals surface area contributed by atoms with Crippen molar-refractivity contribution in [2.75, 3.05) is 12.5 Å². The number of unbranched alkanes of at least 4 members (excludes halogenated alkanes) is 1. The molecule has 0 fully saturated rings. The second kappa shape index (κ2) is 7.71. The van der Waals surface area contributed by atoms with Gasteiger partial charge < -0.3 is 10.5 Å². The van der Waals surface area contributed by atoms with Crippen molar-refractivity contribution in [1.82, 2.24) is 0 Å². The number of nitrogens with two attached hydrogens (primary N) is 1. The van der Waals surface area contributed by atoms with E-state index in [1.54, 1.807) is 24.3 Å². The lowest BCUT2D eigenvalue weighted by Gasteiger charge is -2.04. The maximum absolute atomic E-state index is 11.7. The number of carbonyl (C=O) groups excluding carboxylic acids is 1. The highest BCUT2D eigenvalue weighted by atomic mass is 35.5. The fraction of sp³-hybridized carbons (Fsp3) is 0.385. The molecule has 4 nitrogen and oxygen atoms in total. The van der Waals surface area contributed by atoms with E-state index in [0.717, 1.165) is 12.8 Å². The molecule has 1 aromatic rings. The fourth-order valence-electron chi connectivity index (χ4n) is 1.29. The molecule has 0 radical (unpaired) electrons. The maximum Gasteiger partial charge on any atom is 0.338 e. The number of esters is 1. The highest BCUT2D eigenvalue weighted by molar-refractivity contribution is 6.28. The molecule has 0 amide bonds. The van der Waals surface area contributed by atoms with Gasteiger partial charge >= 0.3 is 5.97 Å². The number of carbonyl (C=O) groups is 1. The van der Waals surface area contributed by atoms with Crippen molar-refractivity contribution in [2.45, 2.75) is 19.8 Å². The Labute approximate surface area is 112 Å². The number of hydrogen-bond acceptors (Lipinski definition) is 3. The van der Waals surface area contributed by atoms with Crippen LogP contribution >= 0.6 is 11.6 Å². The second-order valence-corrected chi connectivity index (χ2v) is 4.04. The lowest BCUT2D eigenvalue weighted by Crippen LogP contribution is -2.12. The average molecular weight is 269 g/mol. The zero-order valence-electron chi connectivity index (χ0n) is 10.4. The minimum absolute atomic E-state index is 0.158. The van der Waals surface area contributed by atoms with Crippen LogP contribution in [0.3, 0.4) is 0 Å². The van der Waals surface area contributed by atoms with E-state index in [4.69, 9.17) is 22.1 Å². The Bertz CT molecular complexity index is 433. The van der Waals surface area contributed by atoms with Gasteiger partial charge in [0.15, 0.2) is 0 Å². The van der Waals surface area contributed by atoms with Gasteiger partial charge in [-0.1, -0.05) is 19.4 Å². The molecule has 0 aliphatic carbocycles. The highest BCUT2D eigenvalue weighted by Gasteiger charge is 2.07. The molecule has 0 bridgehead atoms. The molecule has 0 aromatic heterocycles. The first-order chi connectivity index (χ1) is 8.67. The summed E-state index contributed by atoms with van der Waals surface area (Å²) in [6.07, 6.45) is 1.85. The summed E-state index contributed by atoms with van der Waals surface area (Å²) in [6, 6.07) is 6.80. The number of alkyl halides is 1. The van der Waals surface area contributed by atoms with Gasteiger partial charge in [-0.25, -0.2) is 9.79 Å². The molecule has 0 heterocycles. The Balaban J connectivity index is 2.72. The van der Waals surface area contributed by atoms with E-state index in [1.165, 1.54) is 0 Å². The van der Waals surface area contributed by atoms with Crippen molar-refractivity contribution in [1.29, 1.82) is 0 Å². The van der Waals surface area contributed by atoms with E-state index < -0.39 is 0 Å². The summed E-state index contributed by atoms with van der Waals surface area (Å²) in [5, 5.41) is 0. The van der Waals surface area contributed by atoms with Crippen molar-refractivity contribution in [3.8, 4) is 0 Å². The largest absolute Gasteiger partial charge is 0.462 e. The molecule has 0 aliphatic heterocycles. The van der Waals surface area contributed by atoms with Gasteiger partial charge in [0.2, 0.25) is 0 Å². The van der Waals surface area contributed by atoms with Crippen molar-refractivity contribution < 1.29 is 9.53 Å². The van der Waals surface area contributed by atoms with Crippen LogP contribution < -0.4 is 5.73 Å². The number of benzene rings is 1. The van der Waals surface area contributed by atoms with Crippen molar-refractivity contribution in [3.05, 3.63) is 29.8 Å². The third-order valence-corrected chi connectivity index (χ3v) is 2.50.